The molecule has 1 heterocycles. The van der Waals surface area contributed by atoms with Crippen molar-refractivity contribution in [2.75, 3.05) is 19.0 Å². The van der Waals surface area contributed by atoms with Gasteiger partial charge in [-0.3, -0.25) is 0 Å². The number of ether oxygens (including phenoxy) is 1. The van der Waals surface area contributed by atoms with Gasteiger partial charge in [0.05, 0.1) is 12.6 Å². The lowest BCUT2D eigenvalue weighted by Crippen LogP contribution is -2.27. The number of anilines is 1. The van der Waals surface area contributed by atoms with Crippen molar-refractivity contribution in [3.8, 4) is 11.4 Å². The Morgan fingerprint density at radius 3 is 2.85 bits per heavy atom. The van der Waals surface area contributed by atoms with Crippen LogP contribution in [0.4, 0.5) is 5.69 Å². The highest BCUT2D eigenvalue weighted by molar-refractivity contribution is 5.73. The summed E-state index contributed by atoms with van der Waals surface area (Å²) in [5.41, 5.74) is 2.17. The molecular formula is C15H20N4O. The lowest BCUT2D eigenvalue weighted by atomic mass is 10.1. The number of aryl methyl sites for hydroxylation is 1. The number of nitrogens with one attached hydrogen (secondary N) is 1. The molecule has 5 heteroatoms. The largest absolute Gasteiger partial charge is 0.383 e. The van der Waals surface area contributed by atoms with Crippen molar-refractivity contribution in [1.29, 1.82) is 0 Å². The summed E-state index contributed by atoms with van der Waals surface area (Å²) in [5, 5.41) is 11.8. The van der Waals surface area contributed by atoms with E-state index in [1.54, 1.807) is 13.4 Å². The maximum atomic E-state index is 5.34. The highest BCUT2D eigenvalue weighted by atomic mass is 16.5. The smallest absolute Gasteiger partial charge is 0.165 e. The molecule has 3 rings (SSSR count). The maximum Gasteiger partial charge on any atom is 0.165 e. The first-order valence-corrected chi connectivity index (χ1v) is 6.98. The van der Waals surface area contributed by atoms with Gasteiger partial charge in [0.15, 0.2) is 5.82 Å². The Morgan fingerprint density at radius 1 is 1.40 bits per heavy atom. The average molecular weight is 272 g/mol. The van der Waals surface area contributed by atoms with E-state index < -0.39 is 0 Å². The van der Waals surface area contributed by atoms with E-state index in [0.717, 1.165) is 29.6 Å². The second-order valence-corrected chi connectivity index (χ2v) is 5.35. The minimum absolute atomic E-state index is 0.370. The minimum atomic E-state index is 0.370. The van der Waals surface area contributed by atoms with Crippen LogP contribution in [0, 0.1) is 5.92 Å². The number of hydrogen-bond acceptors (Lipinski definition) is 4. The summed E-state index contributed by atoms with van der Waals surface area (Å²) in [7, 11) is 3.71. The van der Waals surface area contributed by atoms with Crippen LogP contribution in [-0.2, 0) is 11.8 Å². The molecule has 0 bridgehead atoms. The Morgan fingerprint density at radius 2 is 2.20 bits per heavy atom. The van der Waals surface area contributed by atoms with Crippen LogP contribution in [0.1, 0.15) is 12.8 Å². The summed E-state index contributed by atoms with van der Waals surface area (Å²) in [6.07, 6.45) is 4.29. The fraction of sp³-hybridized carbons (Fsp3) is 0.467. The summed E-state index contributed by atoms with van der Waals surface area (Å²) in [5.74, 6) is 1.60. The van der Waals surface area contributed by atoms with Crippen molar-refractivity contribution in [2.45, 2.75) is 18.9 Å². The molecule has 2 aromatic rings. The van der Waals surface area contributed by atoms with E-state index in [9.17, 15) is 0 Å². The quantitative estimate of drug-likeness (QED) is 0.877. The van der Waals surface area contributed by atoms with E-state index in [4.69, 9.17) is 4.74 Å². The monoisotopic (exact) mass is 272 g/mol. The van der Waals surface area contributed by atoms with Gasteiger partial charge in [-0.25, -0.2) is 0 Å². The molecule has 1 unspecified atom stereocenters. The van der Waals surface area contributed by atoms with Crippen LogP contribution in [0.2, 0.25) is 0 Å². The molecule has 0 spiro atoms. The fourth-order valence-corrected chi connectivity index (χ4v) is 2.50. The lowest BCUT2D eigenvalue weighted by molar-refractivity contribution is 0.179. The van der Waals surface area contributed by atoms with Gasteiger partial charge in [0.2, 0.25) is 0 Å². The first-order chi connectivity index (χ1) is 9.79. The van der Waals surface area contributed by atoms with Crippen molar-refractivity contribution in [2.24, 2.45) is 13.0 Å². The number of nitrogens with zero attached hydrogens (tertiary/aromatic N) is 3. The topological polar surface area (TPSA) is 52.0 Å². The van der Waals surface area contributed by atoms with Gasteiger partial charge in [0.25, 0.3) is 0 Å². The van der Waals surface area contributed by atoms with Gasteiger partial charge >= 0.3 is 0 Å². The normalized spacial score (nSPS) is 16.1. The molecule has 106 valence electrons. The number of hydrogen-bond donors (Lipinski definition) is 1. The highest BCUT2D eigenvalue weighted by Gasteiger charge is 2.31. The number of benzene rings is 1. The van der Waals surface area contributed by atoms with Gasteiger partial charge in [0.1, 0.15) is 6.33 Å². The molecule has 0 saturated heterocycles. The van der Waals surface area contributed by atoms with Crippen molar-refractivity contribution < 1.29 is 4.74 Å². The maximum absolute atomic E-state index is 5.34. The number of rotatable bonds is 6. The molecule has 5 nitrogen and oxygen atoms in total. The van der Waals surface area contributed by atoms with Gasteiger partial charge in [0, 0.05) is 25.4 Å². The highest BCUT2D eigenvalue weighted by Crippen LogP contribution is 2.36. The number of aromatic nitrogens is 3. The van der Waals surface area contributed by atoms with Gasteiger partial charge in [-0.2, -0.15) is 0 Å². The van der Waals surface area contributed by atoms with E-state index >= 15 is 0 Å². The molecule has 0 radical (unpaired) electrons. The van der Waals surface area contributed by atoms with Crippen LogP contribution >= 0.6 is 0 Å². The zero-order valence-electron chi connectivity index (χ0n) is 11.9. The molecule has 1 fully saturated rings. The third kappa shape index (κ3) is 2.67. The first kappa shape index (κ1) is 13.1. The molecular weight excluding hydrogens is 252 g/mol. The molecule has 1 aromatic carbocycles. The van der Waals surface area contributed by atoms with Crippen molar-refractivity contribution in [1.82, 2.24) is 14.8 Å². The Kier molecular flexibility index (Phi) is 3.69. The molecule has 1 saturated carbocycles. The van der Waals surface area contributed by atoms with Crippen LogP contribution in [-0.4, -0.2) is 34.5 Å². The molecule has 1 N–H and O–H groups in total. The third-order valence-corrected chi connectivity index (χ3v) is 3.76. The van der Waals surface area contributed by atoms with Crippen molar-refractivity contribution in [3.63, 3.8) is 0 Å². The van der Waals surface area contributed by atoms with Gasteiger partial charge < -0.3 is 14.6 Å². The molecule has 0 amide bonds. The van der Waals surface area contributed by atoms with E-state index in [1.165, 1.54) is 12.8 Å². The van der Waals surface area contributed by atoms with Crippen molar-refractivity contribution in [3.05, 3.63) is 30.6 Å². The summed E-state index contributed by atoms with van der Waals surface area (Å²) < 4.78 is 7.27. The second-order valence-electron chi connectivity index (χ2n) is 5.35. The fourth-order valence-electron chi connectivity index (χ4n) is 2.50. The Bertz CT molecular complexity index is 577. The Hall–Kier alpha value is -1.88. The SMILES string of the molecule is COCC(Nc1ccccc1-c1nncn1C)C1CC1. The lowest BCUT2D eigenvalue weighted by Gasteiger charge is -2.20. The molecule has 1 aliphatic carbocycles. The van der Waals surface area contributed by atoms with E-state index in [-0.39, 0.29) is 0 Å². The summed E-state index contributed by atoms with van der Waals surface area (Å²) in [6, 6.07) is 8.60. The van der Waals surface area contributed by atoms with Crippen LogP contribution in [0.3, 0.4) is 0 Å². The third-order valence-electron chi connectivity index (χ3n) is 3.76. The summed E-state index contributed by atoms with van der Waals surface area (Å²) >= 11 is 0. The Labute approximate surface area is 119 Å². The van der Waals surface area contributed by atoms with Crippen LogP contribution in [0.5, 0.6) is 0 Å². The first-order valence-electron chi connectivity index (χ1n) is 6.98. The van der Waals surface area contributed by atoms with Gasteiger partial charge in [-0.05, 0) is 30.9 Å². The standard InChI is InChI=1S/C15H20N4O/c1-19-10-16-18-15(19)12-5-3-4-6-13(12)17-14(9-20-2)11-7-8-11/h3-6,10-11,14,17H,7-9H2,1-2H3. The minimum Gasteiger partial charge on any atom is -0.383 e. The van der Waals surface area contributed by atoms with Gasteiger partial charge in [-0.1, -0.05) is 12.1 Å². The molecule has 1 aromatic heterocycles. The zero-order valence-corrected chi connectivity index (χ0v) is 11.9. The van der Waals surface area contributed by atoms with Crippen LogP contribution < -0.4 is 5.32 Å². The molecule has 20 heavy (non-hydrogen) atoms. The predicted octanol–water partition coefficient (Wildman–Crippen LogP) is 2.32. The zero-order chi connectivity index (χ0) is 13.9. The van der Waals surface area contributed by atoms with E-state index in [0.29, 0.717) is 6.04 Å². The average Bonchev–Trinajstić information content (AvgIpc) is 3.22. The summed E-state index contributed by atoms with van der Waals surface area (Å²) in [4.78, 5) is 0. The molecule has 1 atom stereocenters. The van der Waals surface area contributed by atoms with E-state index in [2.05, 4.69) is 27.6 Å². The number of para-hydroxylation sites is 1. The van der Waals surface area contributed by atoms with Gasteiger partial charge in [-0.15, -0.1) is 10.2 Å². The van der Waals surface area contributed by atoms with Crippen molar-refractivity contribution >= 4 is 5.69 Å². The summed E-state index contributed by atoms with van der Waals surface area (Å²) in [6.45, 7) is 0.734. The number of methoxy groups -OCH3 is 1. The molecule has 0 aliphatic heterocycles. The molecule has 1 aliphatic rings. The van der Waals surface area contributed by atoms with Crippen LogP contribution in [0.15, 0.2) is 30.6 Å². The Balaban J connectivity index is 1.88. The predicted molar refractivity (Wildman–Crippen MR) is 78.4 cm³/mol. The second kappa shape index (κ2) is 5.63. The van der Waals surface area contributed by atoms with E-state index in [1.807, 2.05) is 23.7 Å². The van der Waals surface area contributed by atoms with Crippen LogP contribution in [0.25, 0.3) is 11.4 Å².